The third kappa shape index (κ3) is 7.97. The fourth-order valence-corrected chi connectivity index (χ4v) is 4.19. The standard InChI is InChI=1S/C26H30FN3O3S/c1-20-6-3-7-23(16-20)28-26(32)29(13-5-14-33-2)19-25(31)30(18-24-8-4-15-34-24)17-21-9-11-22(27)12-10-21/h3-4,6-12,15-16H,5,13-14,17-19H2,1-2H3,(H,28,32). The van der Waals surface area contributed by atoms with Crippen LogP contribution in [0.15, 0.2) is 66.0 Å². The van der Waals surface area contributed by atoms with Crippen molar-refractivity contribution in [2.24, 2.45) is 0 Å². The van der Waals surface area contributed by atoms with Gasteiger partial charge in [-0.2, -0.15) is 0 Å². The van der Waals surface area contributed by atoms with Gasteiger partial charge in [0.25, 0.3) is 0 Å². The molecule has 180 valence electrons. The molecular formula is C26H30FN3O3S. The van der Waals surface area contributed by atoms with Gasteiger partial charge < -0.3 is 19.9 Å². The Morgan fingerprint density at radius 1 is 1.03 bits per heavy atom. The molecule has 6 nitrogen and oxygen atoms in total. The molecule has 0 aliphatic heterocycles. The number of rotatable bonds is 11. The molecule has 0 aliphatic carbocycles. The van der Waals surface area contributed by atoms with Gasteiger partial charge in [-0.1, -0.05) is 30.3 Å². The van der Waals surface area contributed by atoms with E-state index in [1.165, 1.54) is 17.0 Å². The lowest BCUT2D eigenvalue weighted by Crippen LogP contribution is -2.44. The predicted molar refractivity (Wildman–Crippen MR) is 133 cm³/mol. The summed E-state index contributed by atoms with van der Waals surface area (Å²) in [6, 6.07) is 17.2. The number of nitrogens with one attached hydrogen (secondary N) is 1. The third-order valence-electron chi connectivity index (χ3n) is 5.23. The van der Waals surface area contributed by atoms with Crippen LogP contribution in [0.5, 0.6) is 0 Å². The van der Waals surface area contributed by atoms with E-state index in [4.69, 9.17) is 4.74 Å². The number of aryl methyl sites for hydroxylation is 1. The van der Waals surface area contributed by atoms with Crippen molar-refractivity contribution in [2.75, 3.05) is 32.1 Å². The highest BCUT2D eigenvalue weighted by molar-refractivity contribution is 7.09. The lowest BCUT2D eigenvalue weighted by Gasteiger charge is -2.28. The number of amides is 3. The minimum absolute atomic E-state index is 0.0755. The normalized spacial score (nSPS) is 10.7. The molecule has 0 aliphatic rings. The zero-order chi connectivity index (χ0) is 24.3. The number of anilines is 1. The van der Waals surface area contributed by atoms with Gasteiger partial charge in [0.15, 0.2) is 0 Å². The molecule has 3 rings (SSSR count). The number of hydrogen-bond acceptors (Lipinski definition) is 4. The minimum atomic E-state index is -0.340. The van der Waals surface area contributed by atoms with Crippen LogP contribution in [0.4, 0.5) is 14.9 Å². The molecular weight excluding hydrogens is 453 g/mol. The van der Waals surface area contributed by atoms with Crippen LogP contribution >= 0.6 is 11.3 Å². The number of methoxy groups -OCH3 is 1. The Morgan fingerprint density at radius 3 is 2.50 bits per heavy atom. The summed E-state index contributed by atoms with van der Waals surface area (Å²) in [5.41, 5.74) is 2.53. The fraction of sp³-hybridized carbons (Fsp3) is 0.308. The molecule has 3 amide bonds. The minimum Gasteiger partial charge on any atom is -0.385 e. The van der Waals surface area contributed by atoms with Gasteiger partial charge in [0.05, 0.1) is 6.54 Å². The highest BCUT2D eigenvalue weighted by Gasteiger charge is 2.22. The molecule has 0 spiro atoms. The van der Waals surface area contributed by atoms with Crippen molar-refractivity contribution in [1.29, 1.82) is 0 Å². The van der Waals surface area contributed by atoms with Gasteiger partial charge >= 0.3 is 6.03 Å². The second-order valence-electron chi connectivity index (χ2n) is 8.02. The number of halogens is 1. The lowest BCUT2D eigenvalue weighted by atomic mass is 10.2. The number of nitrogens with zero attached hydrogens (tertiary/aromatic N) is 2. The maximum absolute atomic E-state index is 13.4. The molecule has 0 bridgehead atoms. The van der Waals surface area contributed by atoms with E-state index in [2.05, 4.69) is 5.32 Å². The van der Waals surface area contributed by atoms with Crippen molar-refractivity contribution in [3.05, 3.63) is 87.9 Å². The summed E-state index contributed by atoms with van der Waals surface area (Å²) in [5, 5.41) is 4.85. The molecule has 3 aromatic rings. The van der Waals surface area contributed by atoms with Crippen LogP contribution in [0.25, 0.3) is 0 Å². The Bertz CT molecular complexity index is 1060. The zero-order valence-corrected chi connectivity index (χ0v) is 20.3. The van der Waals surface area contributed by atoms with Crippen molar-refractivity contribution < 1.29 is 18.7 Å². The largest absolute Gasteiger partial charge is 0.385 e. The molecule has 2 aromatic carbocycles. The molecule has 0 atom stereocenters. The van der Waals surface area contributed by atoms with E-state index >= 15 is 0 Å². The molecule has 0 saturated heterocycles. The molecule has 0 unspecified atom stereocenters. The molecule has 1 N–H and O–H groups in total. The van der Waals surface area contributed by atoms with Crippen LogP contribution in [-0.4, -0.2) is 48.5 Å². The second kappa shape index (κ2) is 12.9. The van der Waals surface area contributed by atoms with Gasteiger partial charge in [0, 0.05) is 37.4 Å². The maximum atomic E-state index is 13.4. The summed E-state index contributed by atoms with van der Waals surface area (Å²) in [6.07, 6.45) is 0.605. The molecule has 0 radical (unpaired) electrons. The van der Waals surface area contributed by atoms with Crippen LogP contribution in [0.3, 0.4) is 0 Å². The molecule has 1 heterocycles. The van der Waals surface area contributed by atoms with E-state index in [-0.39, 0.29) is 24.3 Å². The molecule has 34 heavy (non-hydrogen) atoms. The Morgan fingerprint density at radius 2 is 1.82 bits per heavy atom. The second-order valence-corrected chi connectivity index (χ2v) is 9.06. The summed E-state index contributed by atoms with van der Waals surface area (Å²) in [5.74, 6) is -0.508. The number of urea groups is 1. The van der Waals surface area contributed by atoms with Gasteiger partial charge in [0.1, 0.15) is 12.4 Å². The number of ether oxygens (including phenoxy) is 1. The van der Waals surface area contributed by atoms with E-state index < -0.39 is 0 Å². The first-order valence-electron chi connectivity index (χ1n) is 11.1. The Hall–Kier alpha value is -3.23. The molecule has 0 fully saturated rings. The SMILES string of the molecule is COCCCN(CC(=O)N(Cc1ccc(F)cc1)Cc1cccs1)C(=O)Nc1cccc(C)c1. The van der Waals surface area contributed by atoms with E-state index in [9.17, 15) is 14.0 Å². The first-order chi connectivity index (χ1) is 16.4. The monoisotopic (exact) mass is 483 g/mol. The van der Waals surface area contributed by atoms with Gasteiger partial charge in [-0.05, 0) is 60.2 Å². The lowest BCUT2D eigenvalue weighted by molar-refractivity contribution is -0.133. The third-order valence-corrected chi connectivity index (χ3v) is 6.09. The summed E-state index contributed by atoms with van der Waals surface area (Å²) >= 11 is 1.56. The van der Waals surface area contributed by atoms with Crippen molar-refractivity contribution >= 4 is 29.0 Å². The van der Waals surface area contributed by atoms with Crippen LogP contribution in [0.2, 0.25) is 0 Å². The van der Waals surface area contributed by atoms with Crippen LogP contribution in [0.1, 0.15) is 22.4 Å². The van der Waals surface area contributed by atoms with Gasteiger partial charge in [0.2, 0.25) is 5.91 Å². The first-order valence-corrected chi connectivity index (χ1v) is 12.0. The highest BCUT2D eigenvalue weighted by atomic mass is 32.1. The topological polar surface area (TPSA) is 61.9 Å². The van der Waals surface area contributed by atoms with Crippen LogP contribution in [-0.2, 0) is 22.6 Å². The van der Waals surface area contributed by atoms with Gasteiger partial charge in [-0.25, -0.2) is 9.18 Å². The number of carbonyl (C=O) groups excluding carboxylic acids is 2. The Labute approximate surface area is 204 Å². The number of carbonyl (C=O) groups is 2. The summed E-state index contributed by atoms with van der Waals surface area (Å²) in [4.78, 5) is 30.7. The molecule has 1 aromatic heterocycles. The van der Waals surface area contributed by atoms with E-state index in [0.29, 0.717) is 38.3 Å². The van der Waals surface area contributed by atoms with Gasteiger partial charge in [-0.3, -0.25) is 4.79 Å². The summed E-state index contributed by atoms with van der Waals surface area (Å²) in [7, 11) is 1.60. The average molecular weight is 484 g/mol. The van der Waals surface area contributed by atoms with E-state index in [0.717, 1.165) is 16.0 Å². The van der Waals surface area contributed by atoms with Crippen molar-refractivity contribution in [2.45, 2.75) is 26.4 Å². The number of benzene rings is 2. The summed E-state index contributed by atoms with van der Waals surface area (Å²) in [6.45, 7) is 3.47. The quantitative estimate of drug-likeness (QED) is 0.377. The van der Waals surface area contributed by atoms with Crippen LogP contribution < -0.4 is 5.32 Å². The van der Waals surface area contributed by atoms with Crippen molar-refractivity contribution in [3.8, 4) is 0 Å². The first kappa shape index (κ1) is 25.4. The fourth-order valence-electron chi connectivity index (χ4n) is 3.47. The van der Waals surface area contributed by atoms with Crippen LogP contribution in [0, 0.1) is 12.7 Å². The smallest absolute Gasteiger partial charge is 0.322 e. The highest BCUT2D eigenvalue weighted by Crippen LogP contribution is 2.16. The van der Waals surface area contributed by atoms with Crippen molar-refractivity contribution in [1.82, 2.24) is 9.80 Å². The van der Waals surface area contributed by atoms with Crippen molar-refractivity contribution in [3.63, 3.8) is 0 Å². The summed E-state index contributed by atoms with van der Waals surface area (Å²) < 4.78 is 18.5. The Kier molecular flexibility index (Phi) is 9.61. The number of hydrogen-bond donors (Lipinski definition) is 1. The number of thiophene rings is 1. The predicted octanol–water partition coefficient (Wildman–Crippen LogP) is 5.30. The zero-order valence-electron chi connectivity index (χ0n) is 19.5. The van der Waals surface area contributed by atoms with Gasteiger partial charge in [-0.15, -0.1) is 11.3 Å². The molecule has 0 saturated carbocycles. The van der Waals surface area contributed by atoms with E-state index in [1.807, 2.05) is 48.7 Å². The van der Waals surface area contributed by atoms with E-state index in [1.54, 1.807) is 35.5 Å². The molecule has 8 heteroatoms. The average Bonchev–Trinajstić information content (AvgIpc) is 3.32. The Balaban J connectivity index is 1.74. The maximum Gasteiger partial charge on any atom is 0.322 e.